The molecule has 0 spiro atoms. The number of rotatable bonds is 12. The predicted molar refractivity (Wildman–Crippen MR) is 139 cm³/mol. The Hall–Kier alpha value is -4.05. The quantitative estimate of drug-likeness (QED) is 0.218. The van der Waals surface area contributed by atoms with Gasteiger partial charge in [0.1, 0.15) is 16.6 Å². The zero-order valence-corrected chi connectivity index (χ0v) is 20.6. The van der Waals surface area contributed by atoms with Crippen molar-refractivity contribution in [1.29, 1.82) is 0 Å². The van der Waals surface area contributed by atoms with Crippen molar-refractivity contribution in [2.24, 2.45) is 11.5 Å². The maximum absolute atomic E-state index is 13.6. The molecule has 0 radical (unpaired) electrons. The molecular formula is C26H29FN6O2S. The minimum atomic E-state index is -0.433. The molecule has 0 atom stereocenters. The monoisotopic (exact) mass is 508 g/mol. The number of hydrogen-bond donors (Lipinski definition) is 4. The number of halogens is 1. The second-order valence-electron chi connectivity index (χ2n) is 8.10. The second-order valence-corrected chi connectivity index (χ2v) is 9.16. The van der Waals surface area contributed by atoms with Crippen LogP contribution in [-0.4, -0.2) is 22.0 Å². The van der Waals surface area contributed by atoms with Crippen LogP contribution in [-0.2, 0) is 28.9 Å². The molecule has 0 fully saturated rings. The van der Waals surface area contributed by atoms with Crippen molar-refractivity contribution < 1.29 is 14.0 Å². The normalized spacial score (nSPS) is 11.8. The van der Waals surface area contributed by atoms with E-state index in [2.05, 4.69) is 20.8 Å². The minimum absolute atomic E-state index is 0.107. The third-order valence-corrected chi connectivity index (χ3v) is 5.99. The Labute approximate surface area is 213 Å². The summed E-state index contributed by atoms with van der Waals surface area (Å²) in [5, 5.41) is 14.8. The molecule has 3 aromatic rings. The fourth-order valence-electron chi connectivity index (χ4n) is 3.30. The highest BCUT2D eigenvalue weighted by Gasteiger charge is 2.10. The van der Waals surface area contributed by atoms with Gasteiger partial charge in [-0.25, -0.2) is 4.39 Å². The molecule has 36 heavy (non-hydrogen) atoms. The number of hydrogen-bond acceptors (Lipinski definition) is 7. The lowest BCUT2D eigenvalue weighted by molar-refractivity contribution is -0.119. The molecule has 0 aliphatic rings. The molecular weight excluding hydrogens is 479 g/mol. The molecule has 8 nitrogen and oxygen atoms in total. The Morgan fingerprint density at radius 2 is 1.67 bits per heavy atom. The summed E-state index contributed by atoms with van der Waals surface area (Å²) < 4.78 is 13.6. The second kappa shape index (κ2) is 13.7. The topological polar surface area (TPSA) is 136 Å². The van der Waals surface area contributed by atoms with Crippen molar-refractivity contribution in [3.05, 3.63) is 100 Å². The summed E-state index contributed by atoms with van der Waals surface area (Å²) in [4.78, 5) is 24.2. The SMILES string of the molecule is N/C(=C\C=C(/N)NC(=O)Cc1ccccc1F)CCCCc1nnc(NC(=O)Cc2ccccc2)s1. The van der Waals surface area contributed by atoms with Crippen LogP contribution in [0.4, 0.5) is 9.52 Å². The minimum Gasteiger partial charge on any atom is -0.402 e. The summed E-state index contributed by atoms with van der Waals surface area (Å²) in [7, 11) is 0. The van der Waals surface area contributed by atoms with E-state index in [4.69, 9.17) is 11.5 Å². The highest BCUT2D eigenvalue weighted by Crippen LogP contribution is 2.18. The van der Waals surface area contributed by atoms with Gasteiger partial charge >= 0.3 is 0 Å². The van der Waals surface area contributed by atoms with Gasteiger partial charge in [-0.15, -0.1) is 10.2 Å². The van der Waals surface area contributed by atoms with E-state index in [-0.39, 0.29) is 24.6 Å². The average molecular weight is 509 g/mol. The molecule has 0 saturated carbocycles. The van der Waals surface area contributed by atoms with E-state index in [1.165, 1.54) is 23.5 Å². The third kappa shape index (κ3) is 9.30. The van der Waals surface area contributed by atoms with E-state index in [1.54, 1.807) is 24.3 Å². The first-order valence-electron chi connectivity index (χ1n) is 11.5. The number of aromatic nitrogens is 2. The number of nitrogens with zero attached hydrogens (tertiary/aromatic N) is 2. The van der Waals surface area contributed by atoms with E-state index >= 15 is 0 Å². The molecule has 1 heterocycles. The van der Waals surface area contributed by atoms with Crippen LogP contribution < -0.4 is 22.1 Å². The molecule has 0 aliphatic heterocycles. The Morgan fingerprint density at radius 1 is 0.917 bits per heavy atom. The number of amides is 2. The van der Waals surface area contributed by atoms with E-state index < -0.39 is 11.7 Å². The Morgan fingerprint density at radius 3 is 2.44 bits per heavy atom. The Kier molecular flexibility index (Phi) is 10.1. The van der Waals surface area contributed by atoms with Crippen LogP contribution in [0, 0.1) is 5.82 Å². The van der Waals surface area contributed by atoms with Crippen molar-refractivity contribution in [3.63, 3.8) is 0 Å². The van der Waals surface area contributed by atoms with Gasteiger partial charge < -0.3 is 22.1 Å². The molecule has 0 bridgehead atoms. The average Bonchev–Trinajstić information content (AvgIpc) is 3.29. The Bertz CT molecular complexity index is 1230. The lowest BCUT2D eigenvalue weighted by Crippen LogP contribution is -2.29. The first kappa shape index (κ1) is 26.6. The van der Waals surface area contributed by atoms with Crippen LogP contribution in [0.25, 0.3) is 0 Å². The maximum atomic E-state index is 13.6. The van der Waals surface area contributed by atoms with Crippen molar-refractivity contribution in [2.75, 3.05) is 5.32 Å². The molecule has 2 amide bonds. The highest BCUT2D eigenvalue weighted by atomic mass is 32.1. The molecule has 3 rings (SSSR count). The number of nitrogens with one attached hydrogen (secondary N) is 2. The summed E-state index contributed by atoms with van der Waals surface area (Å²) in [6.07, 6.45) is 6.38. The number of allylic oxidation sites excluding steroid dienone is 3. The number of anilines is 1. The van der Waals surface area contributed by atoms with Gasteiger partial charge in [0.2, 0.25) is 16.9 Å². The van der Waals surface area contributed by atoms with Crippen molar-refractivity contribution in [3.8, 4) is 0 Å². The van der Waals surface area contributed by atoms with E-state index in [0.29, 0.717) is 22.8 Å². The molecule has 188 valence electrons. The van der Waals surface area contributed by atoms with Crippen LogP contribution in [0.1, 0.15) is 35.4 Å². The van der Waals surface area contributed by atoms with Crippen LogP contribution in [0.2, 0.25) is 0 Å². The third-order valence-electron chi connectivity index (χ3n) is 5.10. The van der Waals surface area contributed by atoms with Crippen molar-refractivity contribution >= 4 is 28.3 Å². The van der Waals surface area contributed by atoms with Gasteiger partial charge in [-0.2, -0.15) is 0 Å². The largest absolute Gasteiger partial charge is 0.402 e. The van der Waals surface area contributed by atoms with Gasteiger partial charge in [0.15, 0.2) is 0 Å². The van der Waals surface area contributed by atoms with Crippen LogP contribution in [0.3, 0.4) is 0 Å². The zero-order valence-electron chi connectivity index (χ0n) is 19.7. The van der Waals surface area contributed by atoms with Gasteiger partial charge in [0, 0.05) is 12.1 Å². The standard InChI is InChI=1S/C26H29FN6O2S/c27-21-12-6-4-10-19(21)17-24(35)30-22(29)15-14-20(28)11-5-7-13-25-32-33-26(36-25)31-23(34)16-18-8-2-1-3-9-18/h1-4,6,8-10,12,14-15H,5,7,11,13,16-17,28-29H2,(H,30,35)(H,31,33,34)/b20-14-,22-15+. The summed E-state index contributed by atoms with van der Waals surface area (Å²) >= 11 is 1.36. The number of carbonyl (C=O) groups is 2. The molecule has 0 aliphatic carbocycles. The molecule has 2 aromatic carbocycles. The van der Waals surface area contributed by atoms with E-state index in [0.717, 1.165) is 29.8 Å². The smallest absolute Gasteiger partial charge is 0.230 e. The Balaban J connectivity index is 1.34. The highest BCUT2D eigenvalue weighted by molar-refractivity contribution is 7.15. The summed E-state index contributed by atoms with van der Waals surface area (Å²) in [6, 6.07) is 15.6. The van der Waals surface area contributed by atoms with E-state index in [9.17, 15) is 14.0 Å². The van der Waals surface area contributed by atoms with Crippen LogP contribution in [0.15, 0.2) is 78.3 Å². The van der Waals surface area contributed by atoms with Gasteiger partial charge in [-0.3, -0.25) is 9.59 Å². The fraction of sp³-hybridized carbons (Fsp3) is 0.231. The fourth-order valence-corrected chi connectivity index (χ4v) is 4.09. The molecule has 10 heteroatoms. The van der Waals surface area contributed by atoms with Crippen molar-refractivity contribution in [1.82, 2.24) is 15.5 Å². The van der Waals surface area contributed by atoms with Gasteiger partial charge in [-0.05, 0) is 48.6 Å². The van der Waals surface area contributed by atoms with E-state index in [1.807, 2.05) is 30.3 Å². The predicted octanol–water partition coefficient (Wildman–Crippen LogP) is 3.57. The van der Waals surface area contributed by atoms with Gasteiger partial charge in [0.25, 0.3) is 0 Å². The molecule has 1 aromatic heterocycles. The number of unbranched alkanes of at least 4 members (excludes halogenated alkanes) is 1. The summed E-state index contributed by atoms with van der Waals surface area (Å²) in [5.41, 5.74) is 13.7. The number of aryl methyl sites for hydroxylation is 1. The summed E-state index contributed by atoms with van der Waals surface area (Å²) in [5.74, 6) is -0.835. The zero-order chi connectivity index (χ0) is 25.8. The summed E-state index contributed by atoms with van der Waals surface area (Å²) in [6.45, 7) is 0. The molecule has 0 saturated heterocycles. The number of nitrogens with two attached hydrogens (primary N) is 2. The van der Waals surface area contributed by atoms with Crippen LogP contribution in [0.5, 0.6) is 0 Å². The number of carbonyl (C=O) groups excluding carboxylic acids is 2. The van der Waals surface area contributed by atoms with Crippen molar-refractivity contribution in [2.45, 2.75) is 38.5 Å². The number of benzene rings is 2. The van der Waals surface area contributed by atoms with Gasteiger partial charge in [-0.1, -0.05) is 59.9 Å². The molecule has 0 unspecified atom stereocenters. The molecule has 6 N–H and O–H groups in total. The first-order valence-corrected chi connectivity index (χ1v) is 12.3. The lowest BCUT2D eigenvalue weighted by Gasteiger charge is -2.06. The first-order chi connectivity index (χ1) is 17.4. The van der Waals surface area contributed by atoms with Gasteiger partial charge in [0.05, 0.1) is 12.8 Å². The lowest BCUT2D eigenvalue weighted by atomic mass is 10.1. The van der Waals surface area contributed by atoms with Crippen LogP contribution >= 0.6 is 11.3 Å². The maximum Gasteiger partial charge on any atom is 0.230 e.